The van der Waals surface area contributed by atoms with Crippen LogP contribution in [0.3, 0.4) is 0 Å². The Balaban J connectivity index is 2.14. The minimum absolute atomic E-state index is 0.0987. The Labute approximate surface area is 165 Å². The Morgan fingerprint density at radius 1 is 1.04 bits per heavy atom. The Hall–Kier alpha value is -3.15. The first-order chi connectivity index (χ1) is 13.3. The number of ether oxygens (including phenoxy) is 1. The molecule has 0 aliphatic rings. The van der Waals surface area contributed by atoms with Gasteiger partial charge < -0.3 is 15.0 Å². The van der Waals surface area contributed by atoms with Gasteiger partial charge in [0.15, 0.2) is 0 Å². The topological polar surface area (TPSA) is 75.7 Å². The van der Waals surface area contributed by atoms with E-state index in [0.29, 0.717) is 5.69 Å². The molecule has 0 aliphatic carbocycles. The Morgan fingerprint density at radius 3 is 2.32 bits per heavy atom. The monoisotopic (exact) mass is 382 g/mol. The fourth-order valence-corrected chi connectivity index (χ4v) is 2.98. The molecular formula is C22H26N2O4. The molecule has 148 valence electrons. The van der Waals surface area contributed by atoms with Crippen LogP contribution in [0, 0.1) is 0 Å². The summed E-state index contributed by atoms with van der Waals surface area (Å²) in [4.78, 5) is 38.1. The molecule has 0 unspecified atom stereocenters. The Bertz CT molecular complexity index is 861. The van der Waals surface area contributed by atoms with Crippen molar-refractivity contribution in [1.29, 1.82) is 0 Å². The summed E-state index contributed by atoms with van der Waals surface area (Å²) in [6.07, 6.45) is 0.0987. The van der Waals surface area contributed by atoms with Crippen LogP contribution in [0.1, 0.15) is 49.0 Å². The van der Waals surface area contributed by atoms with Crippen molar-refractivity contribution in [2.75, 3.05) is 23.9 Å². The van der Waals surface area contributed by atoms with Gasteiger partial charge in [0, 0.05) is 25.6 Å². The van der Waals surface area contributed by atoms with Crippen molar-refractivity contribution in [3.8, 4) is 0 Å². The molecule has 6 heteroatoms. The van der Waals surface area contributed by atoms with Gasteiger partial charge in [-0.15, -0.1) is 0 Å². The van der Waals surface area contributed by atoms with Gasteiger partial charge in [0.05, 0.1) is 18.4 Å². The number of carbonyl (C=O) groups is 3. The van der Waals surface area contributed by atoms with E-state index in [9.17, 15) is 14.4 Å². The molecule has 0 heterocycles. The normalized spacial score (nSPS) is 10.5. The van der Waals surface area contributed by atoms with Crippen molar-refractivity contribution >= 4 is 29.2 Å². The fraction of sp³-hybridized carbons (Fsp3) is 0.318. The zero-order chi connectivity index (χ0) is 20.7. The van der Waals surface area contributed by atoms with E-state index in [1.54, 1.807) is 24.3 Å². The standard InChI is InChI=1S/C22H26N2O4/c1-15(2)17-9-5-7-11-19(17)23-21(26)13-14-24(16(3)25)20-12-8-6-10-18(20)22(27)28-4/h5-12,15H,13-14H2,1-4H3,(H,23,26). The molecular weight excluding hydrogens is 356 g/mol. The first kappa shape index (κ1) is 21.2. The van der Waals surface area contributed by atoms with Crippen LogP contribution in [0.2, 0.25) is 0 Å². The molecule has 0 saturated carbocycles. The highest BCUT2D eigenvalue weighted by Crippen LogP contribution is 2.24. The van der Waals surface area contributed by atoms with E-state index < -0.39 is 5.97 Å². The molecule has 0 aliphatic heterocycles. The predicted octanol–water partition coefficient (Wildman–Crippen LogP) is 3.98. The summed E-state index contributed by atoms with van der Waals surface area (Å²) in [5, 5.41) is 2.92. The lowest BCUT2D eigenvalue weighted by molar-refractivity contribution is -0.117. The minimum Gasteiger partial charge on any atom is -0.465 e. The minimum atomic E-state index is -0.530. The van der Waals surface area contributed by atoms with Gasteiger partial charge >= 0.3 is 5.97 Å². The van der Waals surface area contributed by atoms with Crippen LogP contribution in [-0.2, 0) is 14.3 Å². The number of benzene rings is 2. The van der Waals surface area contributed by atoms with E-state index in [-0.39, 0.29) is 36.3 Å². The van der Waals surface area contributed by atoms with Gasteiger partial charge in [0.2, 0.25) is 11.8 Å². The SMILES string of the molecule is COC(=O)c1ccccc1N(CCC(=O)Nc1ccccc1C(C)C)C(C)=O. The molecule has 1 N–H and O–H groups in total. The van der Waals surface area contributed by atoms with Crippen molar-refractivity contribution in [2.24, 2.45) is 0 Å². The highest BCUT2D eigenvalue weighted by atomic mass is 16.5. The van der Waals surface area contributed by atoms with E-state index in [1.807, 2.05) is 24.3 Å². The molecule has 6 nitrogen and oxygen atoms in total. The lowest BCUT2D eigenvalue weighted by atomic mass is 10.0. The summed E-state index contributed by atoms with van der Waals surface area (Å²) in [7, 11) is 1.29. The molecule has 0 spiro atoms. The number of anilines is 2. The number of methoxy groups -OCH3 is 1. The molecule has 2 aromatic carbocycles. The second kappa shape index (κ2) is 9.69. The number of rotatable bonds is 7. The van der Waals surface area contributed by atoms with Gasteiger partial charge in [-0.1, -0.05) is 44.2 Å². The third kappa shape index (κ3) is 5.19. The largest absolute Gasteiger partial charge is 0.465 e. The molecule has 2 aromatic rings. The van der Waals surface area contributed by atoms with Crippen LogP contribution in [0.25, 0.3) is 0 Å². The van der Waals surface area contributed by atoms with Gasteiger partial charge in [0.1, 0.15) is 0 Å². The van der Waals surface area contributed by atoms with Crippen LogP contribution >= 0.6 is 0 Å². The second-order valence-corrected chi connectivity index (χ2v) is 6.72. The van der Waals surface area contributed by atoms with Gasteiger partial charge in [0.25, 0.3) is 0 Å². The number of nitrogens with one attached hydrogen (secondary N) is 1. The second-order valence-electron chi connectivity index (χ2n) is 6.72. The smallest absolute Gasteiger partial charge is 0.339 e. The van der Waals surface area contributed by atoms with Gasteiger partial charge in [-0.2, -0.15) is 0 Å². The Morgan fingerprint density at radius 2 is 1.68 bits per heavy atom. The van der Waals surface area contributed by atoms with Gasteiger partial charge in [-0.3, -0.25) is 9.59 Å². The van der Waals surface area contributed by atoms with E-state index in [1.165, 1.54) is 18.9 Å². The van der Waals surface area contributed by atoms with E-state index in [2.05, 4.69) is 19.2 Å². The number of esters is 1. The number of amides is 2. The molecule has 28 heavy (non-hydrogen) atoms. The van der Waals surface area contributed by atoms with Crippen molar-refractivity contribution in [1.82, 2.24) is 0 Å². The predicted molar refractivity (Wildman–Crippen MR) is 110 cm³/mol. The van der Waals surface area contributed by atoms with E-state index in [0.717, 1.165) is 11.3 Å². The maximum Gasteiger partial charge on any atom is 0.339 e. The molecule has 0 saturated heterocycles. The molecule has 0 fully saturated rings. The molecule has 0 bridgehead atoms. The lowest BCUT2D eigenvalue weighted by Crippen LogP contribution is -2.33. The highest BCUT2D eigenvalue weighted by molar-refractivity contribution is 6.02. The average molecular weight is 382 g/mol. The summed E-state index contributed by atoms with van der Waals surface area (Å²) in [5.74, 6) is -0.712. The van der Waals surface area contributed by atoms with Crippen LogP contribution in [0.4, 0.5) is 11.4 Å². The summed E-state index contributed by atoms with van der Waals surface area (Å²) in [6.45, 7) is 5.68. The number of carbonyl (C=O) groups excluding carboxylic acids is 3. The summed E-state index contributed by atoms with van der Waals surface area (Å²) in [5.41, 5.74) is 2.53. The maximum atomic E-state index is 12.5. The number of para-hydroxylation sites is 2. The Kier molecular flexibility index (Phi) is 7.32. The fourth-order valence-electron chi connectivity index (χ4n) is 2.98. The molecule has 0 aromatic heterocycles. The highest BCUT2D eigenvalue weighted by Gasteiger charge is 2.20. The van der Waals surface area contributed by atoms with Crippen LogP contribution < -0.4 is 10.2 Å². The number of hydrogen-bond acceptors (Lipinski definition) is 4. The quantitative estimate of drug-likeness (QED) is 0.735. The van der Waals surface area contributed by atoms with Gasteiger partial charge in [-0.25, -0.2) is 4.79 Å². The van der Waals surface area contributed by atoms with Crippen molar-refractivity contribution < 1.29 is 19.1 Å². The maximum absolute atomic E-state index is 12.5. The van der Waals surface area contributed by atoms with Crippen LogP contribution in [-0.4, -0.2) is 31.4 Å². The molecule has 2 rings (SSSR count). The van der Waals surface area contributed by atoms with E-state index in [4.69, 9.17) is 4.74 Å². The zero-order valence-corrected chi connectivity index (χ0v) is 16.7. The van der Waals surface area contributed by atoms with Crippen LogP contribution in [0.15, 0.2) is 48.5 Å². The van der Waals surface area contributed by atoms with Crippen molar-refractivity contribution in [3.05, 3.63) is 59.7 Å². The van der Waals surface area contributed by atoms with Gasteiger partial charge in [-0.05, 0) is 29.7 Å². The molecule has 0 radical (unpaired) electrons. The average Bonchev–Trinajstić information content (AvgIpc) is 2.67. The first-order valence-corrected chi connectivity index (χ1v) is 9.19. The molecule has 2 amide bonds. The number of hydrogen-bond donors (Lipinski definition) is 1. The summed E-state index contributed by atoms with van der Waals surface area (Å²) >= 11 is 0. The third-order valence-corrected chi connectivity index (χ3v) is 4.40. The first-order valence-electron chi connectivity index (χ1n) is 9.19. The summed E-state index contributed by atoms with van der Waals surface area (Å²) < 4.78 is 4.79. The van der Waals surface area contributed by atoms with E-state index >= 15 is 0 Å². The summed E-state index contributed by atoms with van der Waals surface area (Å²) in [6, 6.07) is 14.3. The number of nitrogens with zero attached hydrogens (tertiary/aromatic N) is 1. The third-order valence-electron chi connectivity index (χ3n) is 4.40. The zero-order valence-electron chi connectivity index (χ0n) is 16.7. The van der Waals surface area contributed by atoms with Crippen molar-refractivity contribution in [3.63, 3.8) is 0 Å². The lowest BCUT2D eigenvalue weighted by Gasteiger charge is -2.23. The van der Waals surface area contributed by atoms with Crippen LogP contribution in [0.5, 0.6) is 0 Å². The molecule has 0 atom stereocenters. The van der Waals surface area contributed by atoms with Crippen molar-refractivity contribution in [2.45, 2.75) is 33.1 Å².